The highest BCUT2D eigenvalue weighted by atomic mass is 15.3. The first-order valence-corrected chi connectivity index (χ1v) is 7.02. The molecular formula is C14H21N5. The maximum Gasteiger partial charge on any atom is 0.123 e. The summed E-state index contributed by atoms with van der Waals surface area (Å²) in [7, 11) is 0. The summed E-state index contributed by atoms with van der Waals surface area (Å²) < 4.78 is 4.44. The number of fused-ring (bicyclic) bond motifs is 1. The van der Waals surface area contributed by atoms with Crippen molar-refractivity contribution in [1.29, 1.82) is 0 Å². The van der Waals surface area contributed by atoms with Crippen molar-refractivity contribution in [2.45, 2.75) is 46.8 Å². The number of imidazole rings is 1. The Morgan fingerprint density at radius 3 is 3.00 bits per heavy atom. The highest BCUT2D eigenvalue weighted by Gasteiger charge is 2.20. The molecule has 19 heavy (non-hydrogen) atoms. The molecule has 0 saturated heterocycles. The third kappa shape index (κ3) is 1.98. The van der Waals surface area contributed by atoms with Gasteiger partial charge in [0, 0.05) is 30.9 Å². The van der Waals surface area contributed by atoms with Crippen molar-refractivity contribution < 1.29 is 0 Å². The van der Waals surface area contributed by atoms with Gasteiger partial charge in [-0.2, -0.15) is 5.10 Å². The zero-order valence-corrected chi connectivity index (χ0v) is 11.9. The monoisotopic (exact) mass is 259 g/mol. The van der Waals surface area contributed by atoms with Crippen LogP contribution in [0.2, 0.25) is 0 Å². The van der Waals surface area contributed by atoms with E-state index in [9.17, 15) is 0 Å². The predicted molar refractivity (Wildman–Crippen MR) is 74.9 cm³/mol. The lowest BCUT2D eigenvalue weighted by Crippen LogP contribution is -2.28. The second kappa shape index (κ2) is 4.81. The van der Waals surface area contributed by atoms with Crippen LogP contribution in [0.5, 0.6) is 0 Å². The van der Waals surface area contributed by atoms with Crippen molar-refractivity contribution in [3.63, 3.8) is 0 Å². The first kappa shape index (κ1) is 12.4. The van der Waals surface area contributed by atoms with Crippen LogP contribution in [0.3, 0.4) is 0 Å². The van der Waals surface area contributed by atoms with Gasteiger partial charge in [-0.05, 0) is 20.3 Å². The highest BCUT2D eigenvalue weighted by Crippen LogP contribution is 2.28. The van der Waals surface area contributed by atoms with Crippen molar-refractivity contribution in [3.8, 4) is 11.3 Å². The fourth-order valence-corrected chi connectivity index (χ4v) is 2.89. The van der Waals surface area contributed by atoms with Crippen molar-refractivity contribution >= 4 is 0 Å². The van der Waals surface area contributed by atoms with Crippen LogP contribution in [0.15, 0.2) is 6.20 Å². The van der Waals surface area contributed by atoms with E-state index in [0.717, 1.165) is 44.1 Å². The Morgan fingerprint density at radius 2 is 2.21 bits per heavy atom. The van der Waals surface area contributed by atoms with Gasteiger partial charge < -0.3 is 9.88 Å². The van der Waals surface area contributed by atoms with Crippen molar-refractivity contribution in [3.05, 3.63) is 23.4 Å². The van der Waals surface area contributed by atoms with Crippen molar-refractivity contribution in [2.24, 2.45) is 0 Å². The average molecular weight is 259 g/mol. The van der Waals surface area contributed by atoms with E-state index in [4.69, 9.17) is 0 Å². The molecule has 0 amide bonds. The minimum Gasteiger partial charge on any atom is -0.326 e. The smallest absolute Gasteiger partial charge is 0.123 e. The molecule has 0 spiro atoms. The van der Waals surface area contributed by atoms with Crippen LogP contribution in [-0.4, -0.2) is 25.9 Å². The molecule has 1 N–H and O–H groups in total. The first-order valence-electron chi connectivity index (χ1n) is 7.02. The fraction of sp³-hybridized carbons (Fsp3) is 0.571. The van der Waals surface area contributed by atoms with E-state index in [1.165, 1.54) is 17.0 Å². The molecule has 1 aliphatic rings. The summed E-state index contributed by atoms with van der Waals surface area (Å²) in [6, 6.07) is 0. The number of nitrogens with zero attached hydrogens (tertiary/aromatic N) is 4. The van der Waals surface area contributed by atoms with Gasteiger partial charge in [0.05, 0.1) is 24.1 Å². The fourth-order valence-electron chi connectivity index (χ4n) is 2.89. The van der Waals surface area contributed by atoms with Crippen LogP contribution in [0, 0.1) is 13.8 Å². The molecular weight excluding hydrogens is 238 g/mol. The van der Waals surface area contributed by atoms with E-state index in [2.05, 4.69) is 45.4 Å². The number of aromatic nitrogens is 4. The van der Waals surface area contributed by atoms with Crippen LogP contribution >= 0.6 is 0 Å². The topological polar surface area (TPSA) is 47.7 Å². The maximum absolute atomic E-state index is 4.66. The summed E-state index contributed by atoms with van der Waals surface area (Å²) >= 11 is 0. The summed E-state index contributed by atoms with van der Waals surface area (Å²) in [6.07, 6.45) is 3.10. The molecule has 1 aliphatic heterocycles. The molecule has 0 aliphatic carbocycles. The Labute approximate surface area is 113 Å². The van der Waals surface area contributed by atoms with Gasteiger partial charge in [-0.15, -0.1) is 0 Å². The lowest BCUT2D eigenvalue weighted by molar-refractivity contribution is 0.508. The molecule has 2 aromatic rings. The Kier molecular flexibility index (Phi) is 3.14. The van der Waals surface area contributed by atoms with E-state index in [1.807, 2.05) is 6.20 Å². The minimum absolute atomic E-state index is 0.862. The standard InChI is InChI=1S/C14H21N5/c1-4-6-19-11(3)14(10(2)17-19)12-8-16-13-9-15-5-7-18(12)13/h8,15H,4-7,9H2,1-3H3. The van der Waals surface area contributed by atoms with Crippen LogP contribution in [-0.2, 0) is 19.6 Å². The number of rotatable bonds is 3. The van der Waals surface area contributed by atoms with Gasteiger partial charge in [-0.25, -0.2) is 4.98 Å². The first-order chi connectivity index (χ1) is 9.22. The molecule has 2 aromatic heterocycles. The van der Waals surface area contributed by atoms with E-state index < -0.39 is 0 Å². The second-order valence-electron chi connectivity index (χ2n) is 5.16. The summed E-state index contributed by atoms with van der Waals surface area (Å²) in [5.74, 6) is 1.13. The summed E-state index contributed by atoms with van der Waals surface area (Å²) in [5, 5.41) is 8.02. The van der Waals surface area contributed by atoms with Crippen molar-refractivity contribution in [2.75, 3.05) is 6.54 Å². The van der Waals surface area contributed by atoms with Crippen LogP contribution < -0.4 is 5.32 Å². The number of hydrogen-bond acceptors (Lipinski definition) is 3. The Bertz CT molecular complexity index is 593. The van der Waals surface area contributed by atoms with Crippen LogP contribution in [0.1, 0.15) is 30.6 Å². The van der Waals surface area contributed by atoms with E-state index in [1.54, 1.807) is 0 Å². The highest BCUT2D eigenvalue weighted by molar-refractivity contribution is 5.65. The summed E-state index contributed by atoms with van der Waals surface area (Å²) in [4.78, 5) is 4.53. The normalized spacial score (nSPS) is 14.7. The molecule has 5 heteroatoms. The van der Waals surface area contributed by atoms with Gasteiger partial charge in [0.15, 0.2) is 0 Å². The molecule has 102 valence electrons. The van der Waals surface area contributed by atoms with Crippen LogP contribution in [0.4, 0.5) is 0 Å². The van der Waals surface area contributed by atoms with Gasteiger partial charge in [-0.3, -0.25) is 4.68 Å². The lowest BCUT2D eigenvalue weighted by atomic mass is 10.1. The van der Waals surface area contributed by atoms with Gasteiger partial charge in [0.25, 0.3) is 0 Å². The molecule has 0 radical (unpaired) electrons. The van der Waals surface area contributed by atoms with Crippen molar-refractivity contribution in [1.82, 2.24) is 24.6 Å². The van der Waals surface area contributed by atoms with Gasteiger partial charge in [-0.1, -0.05) is 6.92 Å². The van der Waals surface area contributed by atoms with Crippen LogP contribution in [0.25, 0.3) is 11.3 Å². The predicted octanol–water partition coefficient (Wildman–Crippen LogP) is 1.88. The maximum atomic E-state index is 4.66. The largest absolute Gasteiger partial charge is 0.326 e. The van der Waals surface area contributed by atoms with E-state index in [-0.39, 0.29) is 0 Å². The third-order valence-corrected chi connectivity index (χ3v) is 3.81. The molecule has 0 unspecified atom stereocenters. The number of nitrogens with one attached hydrogen (secondary N) is 1. The quantitative estimate of drug-likeness (QED) is 0.915. The van der Waals surface area contributed by atoms with E-state index >= 15 is 0 Å². The zero-order chi connectivity index (χ0) is 13.4. The van der Waals surface area contributed by atoms with Gasteiger partial charge in [0.1, 0.15) is 5.82 Å². The molecule has 3 heterocycles. The van der Waals surface area contributed by atoms with Gasteiger partial charge >= 0.3 is 0 Å². The summed E-state index contributed by atoms with van der Waals surface area (Å²) in [5.41, 5.74) is 4.83. The summed E-state index contributed by atoms with van der Waals surface area (Å²) in [6.45, 7) is 10.3. The molecule has 3 rings (SSSR count). The minimum atomic E-state index is 0.862. The van der Waals surface area contributed by atoms with E-state index in [0.29, 0.717) is 0 Å². The Balaban J connectivity index is 2.09. The molecule has 0 saturated carbocycles. The average Bonchev–Trinajstić information content (AvgIpc) is 2.93. The Morgan fingerprint density at radius 1 is 1.37 bits per heavy atom. The molecule has 0 atom stereocenters. The second-order valence-corrected chi connectivity index (χ2v) is 5.16. The molecule has 0 aromatic carbocycles. The zero-order valence-electron chi connectivity index (χ0n) is 11.9. The molecule has 0 bridgehead atoms. The Hall–Kier alpha value is -1.62. The number of aryl methyl sites for hydroxylation is 2. The lowest BCUT2D eigenvalue weighted by Gasteiger charge is -2.17. The SMILES string of the molecule is CCCn1nc(C)c(-c2cnc3n2CCNC3)c1C. The van der Waals surface area contributed by atoms with Gasteiger partial charge in [0.2, 0.25) is 0 Å². The molecule has 0 fully saturated rings. The molecule has 5 nitrogen and oxygen atoms in total. The number of hydrogen-bond donors (Lipinski definition) is 1. The third-order valence-electron chi connectivity index (χ3n) is 3.81.